The Morgan fingerprint density at radius 3 is 2.14 bits per heavy atom. The standard InChI is InChI=1S/C19H18NO.C11H20O2.Ir/c1-12-8-13(2)10-15(9-12)19-18(21-4)11-16-14(3)6-5-7-17(16)20-19;1-10(2,3)8(12)7-9(13)11(4,5)6;/h5-9,11H,1-4H3;7,12H,1-6H3;/q-1;;/b;8-7-;. The van der Waals surface area contributed by atoms with Crippen LogP contribution in [0, 0.1) is 37.7 Å². The molecule has 4 nitrogen and oxygen atoms in total. The number of rotatable bonds is 3. The Balaban J connectivity index is 0.000000383. The molecule has 0 saturated carbocycles. The molecule has 1 aromatic heterocycles. The van der Waals surface area contributed by atoms with E-state index in [2.05, 4.69) is 44.2 Å². The summed E-state index contributed by atoms with van der Waals surface area (Å²) in [4.78, 5) is 16.3. The van der Waals surface area contributed by atoms with Crippen LogP contribution in [0.15, 0.2) is 48.2 Å². The first kappa shape index (κ1) is 30.5. The summed E-state index contributed by atoms with van der Waals surface area (Å²) in [5.41, 5.74) is 5.57. The number of carbonyl (C=O) groups is 1. The number of hydrogen-bond acceptors (Lipinski definition) is 4. The third kappa shape index (κ3) is 8.30. The van der Waals surface area contributed by atoms with Crippen molar-refractivity contribution in [3.05, 3.63) is 71.0 Å². The Hall–Kier alpha value is -2.49. The van der Waals surface area contributed by atoms with Gasteiger partial charge in [-0.1, -0.05) is 67.5 Å². The summed E-state index contributed by atoms with van der Waals surface area (Å²) in [6.07, 6.45) is 1.33. The number of pyridine rings is 1. The predicted molar refractivity (Wildman–Crippen MR) is 141 cm³/mol. The summed E-state index contributed by atoms with van der Waals surface area (Å²) >= 11 is 0. The van der Waals surface area contributed by atoms with Crippen molar-refractivity contribution in [1.29, 1.82) is 0 Å². The van der Waals surface area contributed by atoms with Gasteiger partial charge < -0.3 is 9.84 Å². The van der Waals surface area contributed by atoms with Crippen LogP contribution in [0.2, 0.25) is 0 Å². The van der Waals surface area contributed by atoms with Gasteiger partial charge in [0.05, 0.1) is 12.6 Å². The molecule has 0 fully saturated rings. The van der Waals surface area contributed by atoms with Gasteiger partial charge in [-0.15, -0.1) is 34.9 Å². The van der Waals surface area contributed by atoms with Crippen molar-refractivity contribution in [2.75, 3.05) is 7.11 Å². The SMILES string of the molecule is CC(C)(C)C(=O)/C=C(\O)C(C)(C)C.COc1cc2c(C)cccc2nc1-c1[c-]c(C)cc(C)c1.[Ir]. The van der Waals surface area contributed by atoms with Crippen molar-refractivity contribution in [3.8, 4) is 17.0 Å². The molecule has 0 spiro atoms. The fraction of sp³-hybridized carbons (Fsp3) is 0.400. The summed E-state index contributed by atoms with van der Waals surface area (Å²) in [6, 6.07) is 15.8. The molecule has 1 N–H and O–H groups in total. The minimum Gasteiger partial charge on any atom is -0.512 e. The van der Waals surface area contributed by atoms with E-state index in [0.29, 0.717) is 0 Å². The van der Waals surface area contributed by atoms with Crippen LogP contribution in [0.4, 0.5) is 0 Å². The van der Waals surface area contributed by atoms with Crippen LogP contribution in [0.25, 0.3) is 22.2 Å². The Kier molecular flexibility index (Phi) is 10.4. The van der Waals surface area contributed by atoms with Crippen LogP contribution in [0.1, 0.15) is 58.2 Å². The zero-order valence-electron chi connectivity index (χ0n) is 22.6. The number of aromatic nitrogens is 1. The first-order valence-corrected chi connectivity index (χ1v) is 11.5. The summed E-state index contributed by atoms with van der Waals surface area (Å²) < 4.78 is 5.56. The van der Waals surface area contributed by atoms with Crippen LogP contribution < -0.4 is 4.74 Å². The number of aliphatic hydroxyl groups excluding tert-OH is 1. The van der Waals surface area contributed by atoms with Gasteiger partial charge in [-0.3, -0.25) is 9.78 Å². The molecule has 191 valence electrons. The zero-order valence-corrected chi connectivity index (χ0v) is 25.0. The van der Waals surface area contributed by atoms with Crippen molar-refractivity contribution in [2.24, 2.45) is 10.8 Å². The number of nitrogens with zero attached hydrogens (tertiary/aromatic N) is 1. The average molecular weight is 653 g/mol. The molecular weight excluding hydrogens is 615 g/mol. The van der Waals surface area contributed by atoms with Crippen LogP contribution in [-0.4, -0.2) is 23.0 Å². The van der Waals surface area contributed by atoms with E-state index in [1.165, 1.54) is 17.2 Å². The number of benzene rings is 2. The molecule has 1 radical (unpaired) electrons. The molecule has 0 bridgehead atoms. The summed E-state index contributed by atoms with van der Waals surface area (Å²) in [7, 11) is 1.69. The first-order chi connectivity index (χ1) is 15.6. The van der Waals surface area contributed by atoms with E-state index < -0.39 is 5.41 Å². The third-order valence-electron chi connectivity index (χ3n) is 5.44. The van der Waals surface area contributed by atoms with E-state index in [0.717, 1.165) is 33.5 Å². The molecule has 0 saturated heterocycles. The third-order valence-corrected chi connectivity index (χ3v) is 5.44. The minimum absolute atomic E-state index is 0. The van der Waals surface area contributed by atoms with E-state index >= 15 is 0 Å². The second-order valence-electron chi connectivity index (χ2n) is 10.8. The molecule has 0 aliphatic carbocycles. The number of allylic oxidation sites excluding steroid dienone is 2. The maximum atomic E-state index is 11.5. The summed E-state index contributed by atoms with van der Waals surface area (Å²) in [5.74, 6) is 0.894. The monoisotopic (exact) mass is 653 g/mol. The van der Waals surface area contributed by atoms with Gasteiger partial charge in [-0.25, -0.2) is 0 Å². The van der Waals surface area contributed by atoms with Crippen molar-refractivity contribution >= 4 is 16.7 Å². The van der Waals surface area contributed by atoms with Crippen LogP contribution >= 0.6 is 0 Å². The molecule has 0 aliphatic rings. The fourth-order valence-electron chi connectivity index (χ4n) is 3.25. The van der Waals surface area contributed by atoms with Gasteiger partial charge in [0.15, 0.2) is 5.78 Å². The largest absolute Gasteiger partial charge is 0.512 e. The van der Waals surface area contributed by atoms with E-state index in [1.807, 2.05) is 60.6 Å². The van der Waals surface area contributed by atoms with Crippen molar-refractivity contribution < 1.29 is 34.7 Å². The molecule has 0 amide bonds. The molecule has 1 heterocycles. The molecule has 3 aromatic rings. The van der Waals surface area contributed by atoms with Crippen molar-refractivity contribution in [2.45, 2.75) is 62.3 Å². The second-order valence-corrected chi connectivity index (χ2v) is 10.8. The topological polar surface area (TPSA) is 59.4 Å². The van der Waals surface area contributed by atoms with Crippen LogP contribution in [0.3, 0.4) is 0 Å². The summed E-state index contributed by atoms with van der Waals surface area (Å²) in [5, 5.41) is 10.7. The van der Waals surface area contributed by atoms with Gasteiger partial charge in [0.2, 0.25) is 0 Å². The number of hydrogen-bond donors (Lipinski definition) is 1. The van der Waals surface area contributed by atoms with Gasteiger partial charge in [-0.2, -0.15) is 0 Å². The number of carbonyl (C=O) groups excluding carboxylic acids is 1. The Bertz CT molecular complexity index is 1190. The predicted octanol–water partition coefficient (Wildman–Crippen LogP) is 7.72. The molecule has 5 heteroatoms. The van der Waals surface area contributed by atoms with E-state index in [1.54, 1.807) is 7.11 Å². The number of ether oxygens (including phenoxy) is 1. The van der Waals surface area contributed by atoms with Crippen molar-refractivity contribution in [1.82, 2.24) is 4.98 Å². The Labute approximate surface area is 224 Å². The number of fused-ring (bicyclic) bond motifs is 1. The maximum absolute atomic E-state index is 11.5. The number of aliphatic hydroxyl groups is 1. The molecule has 0 atom stereocenters. The van der Waals surface area contributed by atoms with Gasteiger partial charge in [0, 0.05) is 48.1 Å². The first-order valence-electron chi connectivity index (χ1n) is 11.5. The molecule has 0 aliphatic heterocycles. The normalized spacial score (nSPS) is 11.9. The average Bonchev–Trinajstić information content (AvgIpc) is 2.71. The molecule has 3 rings (SSSR count). The van der Waals surface area contributed by atoms with Crippen molar-refractivity contribution in [3.63, 3.8) is 0 Å². The van der Waals surface area contributed by atoms with Gasteiger partial charge in [0.25, 0.3) is 0 Å². The maximum Gasteiger partial charge on any atom is 0.164 e. The zero-order chi connectivity index (χ0) is 25.8. The van der Waals surface area contributed by atoms with Gasteiger partial charge in [0.1, 0.15) is 11.5 Å². The Morgan fingerprint density at radius 1 is 1.00 bits per heavy atom. The van der Waals surface area contributed by atoms with E-state index in [9.17, 15) is 9.90 Å². The molecule has 0 unspecified atom stereocenters. The number of aryl methyl sites for hydroxylation is 3. The van der Waals surface area contributed by atoms with Crippen LogP contribution in [0.5, 0.6) is 5.75 Å². The summed E-state index contributed by atoms with van der Waals surface area (Å²) in [6.45, 7) is 17.3. The quantitative estimate of drug-likeness (QED) is 0.179. The smallest absolute Gasteiger partial charge is 0.164 e. The van der Waals surface area contributed by atoms with Crippen LogP contribution in [-0.2, 0) is 24.9 Å². The molecular formula is C30H38IrNO3-. The van der Waals surface area contributed by atoms with Gasteiger partial charge in [-0.05, 0) is 24.6 Å². The van der Waals surface area contributed by atoms with Gasteiger partial charge >= 0.3 is 0 Å². The molecule has 2 aromatic carbocycles. The fourth-order valence-corrected chi connectivity index (χ4v) is 3.25. The molecule has 35 heavy (non-hydrogen) atoms. The number of ketones is 1. The Morgan fingerprint density at radius 2 is 1.63 bits per heavy atom. The van der Waals surface area contributed by atoms with E-state index in [-0.39, 0.29) is 37.1 Å². The second kappa shape index (κ2) is 12.0. The van der Waals surface area contributed by atoms with E-state index in [4.69, 9.17) is 9.72 Å². The minimum atomic E-state index is -0.417. The number of methoxy groups -OCH3 is 1.